The molecule has 3 nitrogen and oxygen atoms in total. The minimum atomic E-state index is -4.58. The number of ether oxygens (including phenoxy) is 1. The van der Waals surface area contributed by atoms with Crippen LogP contribution in [0.5, 0.6) is 0 Å². The van der Waals surface area contributed by atoms with Gasteiger partial charge in [0, 0.05) is 25.7 Å². The Morgan fingerprint density at radius 3 is 2.16 bits per heavy atom. The van der Waals surface area contributed by atoms with Gasteiger partial charge in [-0.25, -0.2) is 4.79 Å². The third kappa shape index (κ3) is 7.46. The highest BCUT2D eigenvalue weighted by molar-refractivity contribution is 5.83. The van der Waals surface area contributed by atoms with E-state index in [4.69, 9.17) is 0 Å². The predicted octanol–water partition coefficient (Wildman–Crippen LogP) is 2.71. The van der Waals surface area contributed by atoms with Crippen LogP contribution >= 0.6 is 0 Å². The van der Waals surface area contributed by atoms with E-state index in [1.165, 1.54) is 24.0 Å². The van der Waals surface area contributed by atoms with Gasteiger partial charge in [0.25, 0.3) is 0 Å². The van der Waals surface area contributed by atoms with Crippen LogP contribution in [-0.2, 0) is 9.53 Å². The number of alkyl halides is 3. The van der Waals surface area contributed by atoms with E-state index in [9.17, 15) is 18.0 Å². The SMILES string of the molecule is C=CCN(CC=C)C/C(=C\C(=O)OCC)C(F)(F)F. The summed E-state index contributed by atoms with van der Waals surface area (Å²) >= 11 is 0. The molecule has 0 aliphatic carbocycles. The molecule has 0 rings (SSSR count). The number of nitrogens with zero attached hydrogens (tertiary/aromatic N) is 1. The van der Waals surface area contributed by atoms with Gasteiger partial charge in [0.05, 0.1) is 12.2 Å². The van der Waals surface area contributed by atoms with E-state index in [1.54, 1.807) is 0 Å². The van der Waals surface area contributed by atoms with Crippen LogP contribution in [0.4, 0.5) is 13.2 Å². The molecular weight excluding hydrogens is 259 g/mol. The van der Waals surface area contributed by atoms with Gasteiger partial charge < -0.3 is 4.74 Å². The fourth-order valence-electron chi connectivity index (χ4n) is 1.35. The minimum Gasteiger partial charge on any atom is -0.463 e. The lowest BCUT2D eigenvalue weighted by atomic mass is 10.2. The Labute approximate surface area is 111 Å². The maximum absolute atomic E-state index is 12.8. The molecule has 0 aromatic heterocycles. The number of hydrogen-bond donors (Lipinski definition) is 0. The summed E-state index contributed by atoms with van der Waals surface area (Å²) in [6.45, 7) is 8.62. The summed E-state index contributed by atoms with van der Waals surface area (Å²) in [7, 11) is 0. The normalized spacial score (nSPS) is 12.4. The van der Waals surface area contributed by atoms with Gasteiger partial charge in [-0.1, -0.05) is 12.2 Å². The number of rotatable bonds is 8. The van der Waals surface area contributed by atoms with Crippen LogP contribution in [0.2, 0.25) is 0 Å². The molecule has 0 saturated heterocycles. The molecule has 108 valence electrons. The van der Waals surface area contributed by atoms with E-state index in [1.807, 2.05) is 0 Å². The average molecular weight is 277 g/mol. The van der Waals surface area contributed by atoms with E-state index in [0.717, 1.165) is 0 Å². The molecule has 0 heterocycles. The lowest BCUT2D eigenvalue weighted by molar-refractivity contribution is -0.138. The second-order valence-electron chi connectivity index (χ2n) is 3.69. The highest BCUT2D eigenvalue weighted by atomic mass is 19.4. The van der Waals surface area contributed by atoms with Crippen molar-refractivity contribution in [1.82, 2.24) is 4.90 Å². The first-order valence-electron chi connectivity index (χ1n) is 5.73. The number of carbonyl (C=O) groups is 1. The highest BCUT2D eigenvalue weighted by Gasteiger charge is 2.35. The first-order chi connectivity index (χ1) is 8.85. The molecule has 19 heavy (non-hydrogen) atoms. The lowest BCUT2D eigenvalue weighted by Crippen LogP contribution is -2.31. The molecule has 0 fully saturated rings. The zero-order chi connectivity index (χ0) is 14.9. The highest BCUT2D eigenvalue weighted by Crippen LogP contribution is 2.26. The van der Waals surface area contributed by atoms with E-state index in [-0.39, 0.29) is 19.7 Å². The van der Waals surface area contributed by atoms with Crippen molar-refractivity contribution in [3.05, 3.63) is 37.0 Å². The summed E-state index contributed by atoms with van der Waals surface area (Å²) in [5, 5.41) is 0. The lowest BCUT2D eigenvalue weighted by Gasteiger charge is -2.21. The first-order valence-corrected chi connectivity index (χ1v) is 5.73. The quantitative estimate of drug-likeness (QED) is 0.388. The van der Waals surface area contributed by atoms with Gasteiger partial charge in [-0.3, -0.25) is 4.90 Å². The van der Waals surface area contributed by atoms with Gasteiger partial charge >= 0.3 is 12.1 Å². The first kappa shape index (κ1) is 17.4. The molecule has 0 atom stereocenters. The van der Waals surface area contributed by atoms with Crippen LogP contribution in [0.15, 0.2) is 37.0 Å². The van der Waals surface area contributed by atoms with Crippen molar-refractivity contribution in [2.75, 3.05) is 26.2 Å². The van der Waals surface area contributed by atoms with Gasteiger partial charge in [0.1, 0.15) is 0 Å². The Kier molecular flexibility index (Phi) is 7.83. The van der Waals surface area contributed by atoms with E-state index in [2.05, 4.69) is 17.9 Å². The molecule has 0 spiro atoms. The van der Waals surface area contributed by atoms with Crippen LogP contribution in [0, 0.1) is 0 Å². The third-order valence-corrected chi connectivity index (χ3v) is 2.11. The standard InChI is InChI=1S/C13H18F3NO2/c1-4-7-17(8-5-2)10-11(13(14,15)16)9-12(18)19-6-3/h4-5,9H,1-2,6-8,10H2,3H3/b11-9+. The summed E-state index contributed by atoms with van der Waals surface area (Å²) in [5.41, 5.74) is -0.949. The van der Waals surface area contributed by atoms with Gasteiger partial charge in [-0.05, 0) is 6.92 Å². The number of hydrogen-bond acceptors (Lipinski definition) is 3. The predicted molar refractivity (Wildman–Crippen MR) is 67.6 cm³/mol. The van der Waals surface area contributed by atoms with Gasteiger partial charge in [-0.2, -0.15) is 13.2 Å². The Morgan fingerprint density at radius 1 is 1.26 bits per heavy atom. The van der Waals surface area contributed by atoms with Crippen molar-refractivity contribution < 1.29 is 22.7 Å². The van der Waals surface area contributed by atoms with Crippen LogP contribution in [0.3, 0.4) is 0 Å². The molecule has 0 saturated carbocycles. The number of carbonyl (C=O) groups excluding carboxylic acids is 1. The summed E-state index contributed by atoms with van der Waals surface area (Å²) in [6.07, 6.45) is -1.11. The summed E-state index contributed by atoms with van der Waals surface area (Å²) in [4.78, 5) is 12.6. The van der Waals surface area contributed by atoms with Crippen LogP contribution in [-0.4, -0.2) is 43.3 Å². The summed E-state index contributed by atoms with van der Waals surface area (Å²) in [6, 6.07) is 0. The molecular formula is C13H18F3NO2. The molecule has 0 amide bonds. The van der Waals surface area contributed by atoms with Crippen molar-refractivity contribution >= 4 is 5.97 Å². The second kappa shape index (κ2) is 8.53. The van der Waals surface area contributed by atoms with E-state index < -0.39 is 24.3 Å². The van der Waals surface area contributed by atoms with Gasteiger partial charge in [-0.15, -0.1) is 13.2 Å². The van der Waals surface area contributed by atoms with Crippen molar-refractivity contribution in [3.8, 4) is 0 Å². The molecule has 0 bridgehead atoms. The molecule has 0 aromatic carbocycles. The largest absolute Gasteiger partial charge is 0.463 e. The molecule has 6 heteroatoms. The smallest absolute Gasteiger partial charge is 0.414 e. The van der Waals surface area contributed by atoms with E-state index in [0.29, 0.717) is 6.08 Å². The summed E-state index contributed by atoms with van der Waals surface area (Å²) in [5.74, 6) is -0.994. The number of halogens is 3. The molecule has 0 N–H and O–H groups in total. The van der Waals surface area contributed by atoms with Gasteiger partial charge in [0.2, 0.25) is 0 Å². The molecule has 0 aliphatic rings. The Balaban J connectivity index is 4.99. The maximum atomic E-state index is 12.8. The molecule has 0 aromatic rings. The number of esters is 1. The molecule has 0 aliphatic heterocycles. The zero-order valence-electron chi connectivity index (χ0n) is 10.9. The second-order valence-corrected chi connectivity index (χ2v) is 3.69. The zero-order valence-corrected chi connectivity index (χ0v) is 10.9. The topological polar surface area (TPSA) is 29.5 Å². The monoisotopic (exact) mass is 277 g/mol. The van der Waals surface area contributed by atoms with Crippen LogP contribution in [0.25, 0.3) is 0 Å². The Bertz CT molecular complexity index is 338. The summed E-state index contributed by atoms with van der Waals surface area (Å²) < 4.78 is 42.9. The molecule has 0 radical (unpaired) electrons. The fraction of sp³-hybridized carbons (Fsp3) is 0.462. The molecule has 0 unspecified atom stereocenters. The van der Waals surface area contributed by atoms with Crippen molar-refractivity contribution in [2.24, 2.45) is 0 Å². The Morgan fingerprint density at radius 2 is 1.79 bits per heavy atom. The van der Waals surface area contributed by atoms with Crippen molar-refractivity contribution in [3.63, 3.8) is 0 Å². The third-order valence-electron chi connectivity index (χ3n) is 2.11. The van der Waals surface area contributed by atoms with Crippen LogP contribution < -0.4 is 0 Å². The minimum absolute atomic E-state index is 0.0313. The Hall–Kier alpha value is -1.56. The maximum Gasteiger partial charge on any atom is 0.414 e. The van der Waals surface area contributed by atoms with Crippen molar-refractivity contribution in [1.29, 1.82) is 0 Å². The van der Waals surface area contributed by atoms with E-state index >= 15 is 0 Å². The van der Waals surface area contributed by atoms with Gasteiger partial charge in [0.15, 0.2) is 0 Å². The average Bonchev–Trinajstić information content (AvgIpc) is 2.27. The van der Waals surface area contributed by atoms with Crippen LogP contribution in [0.1, 0.15) is 6.92 Å². The fourth-order valence-corrected chi connectivity index (χ4v) is 1.35. The van der Waals surface area contributed by atoms with Crippen molar-refractivity contribution in [2.45, 2.75) is 13.1 Å².